The molecule has 2 aromatic heterocycles. The molecule has 0 saturated heterocycles. The lowest BCUT2D eigenvalue weighted by Gasteiger charge is -2.11. The van der Waals surface area contributed by atoms with Gasteiger partial charge in [0.25, 0.3) is 5.91 Å². The van der Waals surface area contributed by atoms with Gasteiger partial charge in [0.05, 0.1) is 5.75 Å². The molecular weight excluding hydrogens is 378 g/mol. The second kappa shape index (κ2) is 7.89. The minimum Gasteiger partial charge on any atom is -0.345 e. The van der Waals surface area contributed by atoms with E-state index < -0.39 is 9.84 Å². The fourth-order valence-corrected chi connectivity index (χ4v) is 4.29. The average molecular weight is 399 g/mol. The fourth-order valence-electron chi connectivity index (χ4n) is 2.82. The van der Waals surface area contributed by atoms with Crippen LogP contribution < -0.4 is 0 Å². The summed E-state index contributed by atoms with van der Waals surface area (Å²) in [5.74, 6) is -0.0614. The third kappa shape index (κ3) is 3.94. The maximum absolute atomic E-state index is 13.0. The molecular formula is C19H21N5O3S. The number of hydrogen-bond acceptors (Lipinski definition) is 6. The van der Waals surface area contributed by atoms with Crippen LogP contribution in [0.2, 0.25) is 0 Å². The molecule has 0 aliphatic carbocycles. The number of amides is 1. The van der Waals surface area contributed by atoms with Crippen molar-refractivity contribution < 1.29 is 13.2 Å². The zero-order valence-corrected chi connectivity index (χ0v) is 16.7. The number of pyridine rings is 1. The number of carbonyl (C=O) groups excluding carboxylic acids is 1. The highest BCUT2D eigenvalue weighted by Crippen LogP contribution is 2.21. The molecule has 0 aliphatic heterocycles. The second-order valence-corrected chi connectivity index (χ2v) is 8.31. The van der Waals surface area contributed by atoms with E-state index in [1.54, 1.807) is 62.8 Å². The lowest BCUT2D eigenvalue weighted by molar-refractivity contribution is 0.0827. The molecule has 0 N–H and O–H groups in total. The van der Waals surface area contributed by atoms with Gasteiger partial charge < -0.3 is 4.90 Å². The van der Waals surface area contributed by atoms with Crippen LogP contribution in [0.15, 0.2) is 53.8 Å². The molecule has 146 valence electrons. The van der Waals surface area contributed by atoms with Gasteiger partial charge in [-0.1, -0.05) is 18.2 Å². The van der Waals surface area contributed by atoms with Crippen LogP contribution in [0.25, 0.3) is 11.5 Å². The molecule has 2 heterocycles. The van der Waals surface area contributed by atoms with Gasteiger partial charge in [-0.25, -0.2) is 8.42 Å². The van der Waals surface area contributed by atoms with Gasteiger partial charge in [-0.3, -0.25) is 14.3 Å². The molecule has 0 aliphatic rings. The molecule has 0 saturated carbocycles. The van der Waals surface area contributed by atoms with E-state index in [0.717, 1.165) is 0 Å². The predicted octanol–water partition coefficient (Wildman–Crippen LogP) is 2.04. The van der Waals surface area contributed by atoms with Crippen molar-refractivity contribution >= 4 is 15.7 Å². The van der Waals surface area contributed by atoms with E-state index in [4.69, 9.17) is 0 Å². The Balaban J connectivity index is 1.95. The van der Waals surface area contributed by atoms with Crippen LogP contribution >= 0.6 is 0 Å². The number of hydrogen-bond donors (Lipinski definition) is 0. The van der Waals surface area contributed by atoms with E-state index in [1.807, 2.05) is 6.92 Å². The molecule has 0 fully saturated rings. The summed E-state index contributed by atoms with van der Waals surface area (Å²) in [6.45, 7) is 2.21. The lowest BCUT2D eigenvalue weighted by atomic mass is 10.1. The van der Waals surface area contributed by atoms with Crippen LogP contribution in [0.3, 0.4) is 0 Å². The van der Waals surface area contributed by atoms with E-state index in [1.165, 1.54) is 9.47 Å². The zero-order valence-electron chi connectivity index (χ0n) is 15.9. The highest BCUT2D eigenvalue weighted by atomic mass is 32.2. The molecule has 0 atom stereocenters. The van der Waals surface area contributed by atoms with E-state index in [-0.39, 0.29) is 16.8 Å². The molecule has 0 spiro atoms. The summed E-state index contributed by atoms with van der Waals surface area (Å²) in [6, 6.07) is 11.9. The molecule has 8 nitrogen and oxygen atoms in total. The van der Waals surface area contributed by atoms with Crippen molar-refractivity contribution in [3.05, 3.63) is 59.8 Å². The van der Waals surface area contributed by atoms with E-state index in [9.17, 15) is 13.2 Å². The third-order valence-electron chi connectivity index (χ3n) is 4.14. The molecule has 28 heavy (non-hydrogen) atoms. The van der Waals surface area contributed by atoms with Crippen molar-refractivity contribution in [2.24, 2.45) is 0 Å². The van der Waals surface area contributed by atoms with Crippen molar-refractivity contribution in [3.8, 4) is 11.5 Å². The van der Waals surface area contributed by atoms with Gasteiger partial charge in [0.2, 0.25) is 15.0 Å². The molecule has 3 aromatic rings. The van der Waals surface area contributed by atoms with Crippen LogP contribution in [-0.2, 0) is 22.1 Å². The van der Waals surface area contributed by atoms with Crippen molar-refractivity contribution in [3.63, 3.8) is 0 Å². The van der Waals surface area contributed by atoms with Gasteiger partial charge >= 0.3 is 0 Å². The van der Waals surface area contributed by atoms with E-state index in [2.05, 4.69) is 15.2 Å². The number of carbonyl (C=O) groups is 1. The number of aromatic nitrogens is 4. The highest BCUT2D eigenvalue weighted by Gasteiger charge is 2.26. The van der Waals surface area contributed by atoms with Gasteiger partial charge in [-0.05, 0) is 36.8 Å². The summed E-state index contributed by atoms with van der Waals surface area (Å²) in [5, 5.41) is 7.86. The molecule has 0 radical (unpaired) electrons. The summed E-state index contributed by atoms with van der Waals surface area (Å²) < 4.78 is 27.5. The van der Waals surface area contributed by atoms with Gasteiger partial charge in [-0.15, -0.1) is 10.2 Å². The van der Waals surface area contributed by atoms with Gasteiger partial charge in [-0.2, -0.15) is 0 Å². The van der Waals surface area contributed by atoms with Crippen LogP contribution in [0.1, 0.15) is 22.8 Å². The maximum Gasteiger partial charge on any atom is 0.253 e. The Kier molecular flexibility index (Phi) is 5.55. The number of nitrogens with zero attached hydrogens (tertiary/aromatic N) is 5. The Morgan fingerprint density at radius 2 is 1.89 bits per heavy atom. The summed E-state index contributed by atoms with van der Waals surface area (Å²) >= 11 is 0. The van der Waals surface area contributed by atoms with E-state index in [0.29, 0.717) is 29.2 Å². The Labute approximate surface area is 163 Å². The SMILES string of the molecule is CCn1c(-c2ccccn2)nnc1S(=O)(=O)Cc1cccc(C(=O)N(C)C)c1. The van der Waals surface area contributed by atoms with Gasteiger partial charge in [0.1, 0.15) is 5.69 Å². The summed E-state index contributed by atoms with van der Waals surface area (Å²) in [6.07, 6.45) is 1.62. The smallest absolute Gasteiger partial charge is 0.253 e. The first-order chi connectivity index (χ1) is 13.3. The summed E-state index contributed by atoms with van der Waals surface area (Å²) in [5.41, 5.74) is 1.50. The van der Waals surface area contributed by atoms with Crippen molar-refractivity contribution in [1.82, 2.24) is 24.6 Å². The average Bonchev–Trinajstić information content (AvgIpc) is 3.13. The Morgan fingerprint density at radius 3 is 2.54 bits per heavy atom. The third-order valence-corrected chi connectivity index (χ3v) is 5.71. The minimum atomic E-state index is -3.77. The first-order valence-corrected chi connectivity index (χ1v) is 10.4. The Bertz CT molecular complexity index is 1090. The molecule has 0 bridgehead atoms. The quantitative estimate of drug-likeness (QED) is 0.629. The van der Waals surface area contributed by atoms with Crippen LogP contribution in [0.4, 0.5) is 0 Å². The molecule has 1 amide bonds. The van der Waals surface area contributed by atoms with Crippen LogP contribution in [0, 0.1) is 0 Å². The molecule has 0 unspecified atom stereocenters. The zero-order chi connectivity index (χ0) is 20.3. The topological polar surface area (TPSA) is 98.0 Å². The first-order valence-electron chi connectivity index (χ1n) is 8.71. The van der Waals surface area contributed by atoms with Crippen LogP contribution in [-0.4, -0.2) is 53.1 Å². The summed E-state index contributed by atoms with van der Waals surface area (Å²) in [7, 11) is -0.474. The van der Waals surface area contributed by atoms with E-state index >= 15 is 0 Å². The standard InChI is InChI=1S/C19H21N5O3S/c1-4-24-17(16-10-5-6-11-20-16)21-22-19(24)28(26,27)13-14-8-7-9-15(12-14)18(25)23(2)3/h5-12H,4,13H2,1-3H3. The normalized spacial score (nSPS) is 11.4. The number of benzene rings is 1. The minimum absolute atomic E-state index is 0.111. The van der Waals surface area contributed by atoms with Crippen molar-refractivity contribution in [2.75, 3.05) is 14.1 Å². The Hall–Kier alpha value is -3.07. The largest absolute Gasteiger partial charge is 0.345 e. The molecule has 9 heteroatoms. The van der Waals surface area contributed by atoms with Crippen molar-refractivity contribution in [2.45, 2.75) is 24.4 Å². The highest BCUT2D eigenvalue weighted by molar-refractivity contribution is 7.90. The first kappa shape index (κ1) is 19.7. The monoisotopic (exact) mass is 399 g/mol. The predicted molar refractivity (Wildman–Crippen MR) is 104 cm³/mol. The maximum atomic E-state index is 13.0. The lowest BCUT2D eigenvalue weighted by Crippen LogP contribution is -2.21. The molecule has 1 aromatic carbocycles. The van der Waals surface area contributed by atoms with Gasteiger partial charge in [0, 0.05) is 32.4 Å². The van der Waals surface area contributed by atoms with Gasteiger partial charge in [0.15, 0.2) is 5.82 Å². The second-order valence-electron chi connectivity index (χ2n) is 6.42. The summed E-state index contributed by atoms with van der Waals surface area (Å²) in [4.78, 5) is 17.8. The molecule has 3 rings (SSSR count). The van der Waals surface area contributed by atoms with Crippen LogP contribution in [0.5, 0.6) is 0 Å². The Morgan fingerprint density at radius 1 is 1.11 bits per heavy atom. The number of rotatable bonds is 6. The fraction of sp³-hybridized carbons (Fsp3) is 0.263. The van der Waals surface area contributed by atoms with Crippen molar-refractivity contribution in [1.29, 1.82) is 0 Å². The number of sulfone groups is 1.